The summed E-state index contributed by atoms with van der Waals surface area (Å²) in [6.45, 7) is 4.11. The van der Waals surface area contributed by atoms with Gasteiger partial charge in [0, 0.05) is 6.92 Å². The minimum absolute atomic E-state index is 0.274. The Kier molecular flexibility index (Phi) is 7.15. The molecule has 168 valence electrons. The van der Waals surface area contributed by atoms with Gasteiger partial charge in [0.1, 0.15) is 6.61 Å². The Hall–Kier alpha value is -3.10. The summed E-state index contributed by atoms with van der Waals surface area (Å²) in [5.41, 5.74) is 1.82. The third-order valence-corrected chi connectivity index (χ3v) is 6.27. The lowest BCUT2D eigenvalue weighted by Gasteiger charge is -2.16. The first kappa shape index (κ1) is 23.1. The standard InChI is InChI=1S/C25H21BrN2O4S/c1-3-31-21-12-16(13-22-24(30)28-25(33-22)27-15(2)29)11-20(26)23(21)32-14-18-9-6-8-17-7-4-5-10-19(17)18/h4-13H,3,14H2,1-2H3,(H,27,28,29,30). The van der Waals surface area contributed by atoms with E-state index in [1.54, 1.807) is 6.08 Å². The third kappa shape index (κ3) is 5.46. The molecule has 0 aromatic heterocycles. The first-order valence-electron chi connectivity index (χ1n) is 10.3. The lowest BCUT2D eigenvalue weighted by Crippen LogP contribution is -2.23. The number of halogens is 1. The maximum Gasteiger partial charge on any atom is 0.286 e. The Balaban J connectivity index is 1.59. The molecular weight excluding hydrogens is 504 g/mol. The zero-order valence-corrected chi connectivity index (χ0v) is 20.5. The Bertz CT molecular complexity index is 1300. The second kappa shape index (κ2) is 10.2. The molecule has 0 unspecified atom stereocenters. The summed E-state index contributed by atoms with van der Waals surface area (Å²) in [4.78, 5) is 27.7. The van der Waals surface area contributed by atoms with Crippen molar-refractivity contribution in [1.82, 2.24) is 5.32 Å². The van der Waals surface area contributed by atoms with Crippen LogP contribution in [-0.2, 0) is 16.2 Å². The predicted octanol–water partition coefficient (Wildman–Crippen LogP) is 5.69. The van der Waals surface area contributed by atoms with Gasteiger partial charge in [0.15, 0.2) is 16.7 Å². The van der Waals surface area contributed by atoms with Crippen molar-refractivity contribution in [2.45, 2.75) is 20.5 Å². The van der Waals surface area contributed by atoms with Crippen molar-refractivity contribution in [1.29, 1.82) is 0 Å². The molecule has 0 fully saturated rings. The average Bonchev–Trinajstić information content (AvgIpc) is 3.11. The fourth-order valence-corrected chi connectivity index (χ4v) is 4.84. The Morgan fingerprint density at radius 3 is 2.73 bits per heavy atom. The monoisotopic (exact) mass is 524 g/mol. The topological polar surface area (TPSA) is 77.0 Å². The quantitative estimate of drug-likeness (QED) is 0.419. The molecule has 0 spiro atoms. The van der Waals surface area contributed by atoms with E-state index in [-0.39, 0.29) is 11.1 Å². The van der Waals surface area contributed by atoms with Gasteiger partial charge in [-0.15, -0.1) is 0 Å². The molecule has 2 amide bonds. The number of rotatable bonds is 6. The smallest absolute Gasteiger partial charge is 0.286 e. The van der Waals surface area contributed by atoms with Crippen LogP contribution in [0.25, 0.3) is 16.8 Å². The van der Waals surface area contributed by atoms with Crippen molar-refractivity contribution in [2.24, 2.45) is 4.99 Å². The number of carbonyl (C=O) groups is 2. The van der Waals surface area contributed by atoms with E-state index >= 15 is 0 Å². The summed E-state index contributed by atoms with van der Waals surface area (Å²) in [6, 6.07) is 18.0. The molecule has 0 saturated heterocycles. The molecule has 0 saturated carbocycles. The van der Waals surface area contributed by atoms with E-state index in [1.807, 2.05) is 43.3 Å². The van der Waals surface area contributed by atoms with Crippen LogP contribution in [0, 0.1) is 0 Å². The Morgan fingerprint density at radius 2 is 1.94 bits per heavy atom. The van der Waals surface area contributed by atoms with E-state index in [0.29, 0.717) is 34.1 Å². The summed E-state index contributed by atoms with van der Waals surface area (Å²) in [5, 5.41) is 5.12. The normalized spacial score (nSPS) is 14.5. The van der Waals surface area contributed by atoms with Crippen LogP contribution in [0.1, 0.15) is 25.0 Å². The lowest BCUT2D eigenvalue weighted by molar-refractivity contribution is -0.117. The molecule has 6 nitrogen and oxygen atoms in total. The fraction of sp³-hybridized carbons (Fsp3) is 0.160. The van der Waals surface area contributed by atoms with Gasteiger partial charge in [-0.05, 0) is 74.7 Å². The number of amides is 2. The summed E-state index contributed by atoms with van der Waals surface area (Å²) in [7, 11) is 0. The number of fused-ring (bicyclic) bond motifs is 1. The molecule has 1 heterocycles. The van der Waals surface area contributed by atoms with Crippen molar-refractivity contribution >= 4 is 61.5 Å². The van der Waals surface area contributed by atoms with Crippen LogP contribution in [0.3, 0.4) is 0 Å². The fourth-order valence-electron chi connectivity index (χ4n) is 3.41. The Labute approximate surface area is 204 Å². The molecule has 33 heavy (non-hydrogen) atoms. The van der Waals surface area contributed by atoms with Crippen molar-refractivity contribution in [3.63, 3.8) is 0 Å². The Morgan fingerprint density at radius 1 is 1.15 bits per heavy atom. The second-order valence-corrected chi connectivity index (χ2v) is 9.09. The van der Waals surface area contributed by atoms with Gasteiger partial charge in [-0.25, -0.2) is 0 Å². The van der Waals surface area contributed by atoms with Crippen LogP contribution in [0.15, 0.2) is 69.0 Å². The van der Waals surface area contributed by atoms with Crippen LogP contribution >= 0.6 is 27.7 Å². The van der Waals surface area contributed by atoms with Crippen molar-refractivity contribution < 1.29 is 19.1 Å². The van der Waals surface area contributed by atoms with E-state index in [4.69, 9.17) is 9.47 Å². The van der Waals surface area contributed by atoms with Crippen LogP contribution < -0.4 is 14.8 Å². The molecule has 1 aliphatic rings. The minimum atomic E-state index is -0.394. The molecule has 0 aliphatic carbocycles. The summed E-state index contributed by atoms with van der Waals surface area (Å²) < 4.78 is 12.7. The number of ether oxygens (including phenoxy) is 2. The highest BCUT2D eigenvalue weighted by atomic mass is 79.9. The first-order chi connectivity index (χ1) is 15.9. The third-order valence-electron chi connectivity index (χ3n) is 4.78. The molecule has 8 heteroatoms. The minimum Gasteiger partial charge on any atom is -0.490 e. The van der Waals surface area contributed by atoms with Crippen LogP contribution in [0.4, 0.5) is 0 Å². The summed E-state index contributed by atoms with van der Waals surface area (Å²) in [6.07, 6.45) is 1.72. The molecule has 1 aliphatic heterocycles. The van der Waals surface area contributed by atoms with E-state index < -0.39 is 5.91 Å². The molecule has 3 aromatic rings. The molecule has 3 aromatic carbocycles. The zero-order valence-electron chi connectivity index (χ0n) is 18.1. The van der Waals surface area contributed by atoms with Crippen molar-refractivity contribution in [2.75, 3.05) is 6.61 Å². The second-order valence-electron chi connectivity index (χ2n) is 7.20. The number of nitrogens with zero attached hydrogens (tertiary/aromatic N) is 1. The van der Waals surface area contributed by atoms with Gasteiger partial charge < -0.3 is 14.8 Å². The number of nitrogens with one attached hydrogen (secondary N) is 1. The predicted molar refractivity (Wildman–Crippen MR) is 135 cm³/mol. The molecule has 1 N–H and O–H groups in total. The number of thioether (sulfide) groups is 1. The van der Waals surface area contributed by atoms with Crippen LogP contribution in [0.2, 0.25) is 0 Å². The van der Waals surface area contributed by atoms with Crippen LogP contribution in [-0.4, -0.2) is 23.6 Å². The average molecular weight is 525 g/mol. The zero-order chi connectivity index (χ0) is 23.4. The van der Waals surface area contributed by atoms with E-state index in [2.05, 4.69) is 44.4 Å². The largest absolute Gasteiger partial charge is 0.490 e. The highest BCUT2D eigenvalue weighted by Gasteiger charge is 2.23. The number of hydrogen-bond acceptors (Lipinski definition) is 5. The summed E-state index contributed by atoms with van der Waals surface area (Å²) in [5.74, 6) is 0.489. The number of hydrogen-bond donors (Lipinski definition) is 1. The number of amidine groups is 1. The number of carbonyl (C=O) groups excluding carboxylic acids is 2. The maximum atomic E-state index is 12.2. The number of benzene rings is 3. The van der Waals surface area contributed by atoms with Crippen LogP contribution in [0.5, 0.6) is 11.5 Å². The van der Waals surface area contributed by atoms with Gasteiger partial charge in [0.05, 0.1) is 16.0 Å². The van der Waals surface area contributed by atoms with E-state index in [1.165, 1.54) is 6.92 Å². The van der Waals surface area contributed by atoms with Gasteiger partial charge in [0.25, 0.3) is 5.91 Å². The molecule has 0 atom stereocenters. The molecule has 4 rings (SSSR count). The van der Waals surface area contributed by atoms with Gasteiger partial charge >= 0.3 is 0 Å². The van der Waals surface area contributed by atoms with Gasteiger partial charge in [-0.2, -0.15) is 4.99 Å². The summed E-state index contributed by atoms with van der Waals surface area (Å²) >= 11 is 4.71. The molecule has 0 radical (unpaired) electrons. The van der Waals surface area contributed by atoms with Crippen molar-refractivity contribution in [3.05, 3.63) is 75.1 Å². The SMILES string of the molecule is CCOc1cc(C=C2SC(NC(C)=O)=NC2=O)cc(Br)c1OCc1cccc2ccccc12. The lowest BCUT2D eigenvalue weighted by atomic mass is 10.1. The van der Waals surface area contributed by atoms with Crippen molar-refractivity contribution in [3.8, 4) is 11.5 Å². The molecular formula is C25H21BrN2O4S. The maximum absolute atomic E-state index is 12.2. The van der Waals surface area contributed by atoms with E-state index in [0.717, 1.165) is 33.7 Å². The van der Waals surface area contributed by atoms with E-state index in [9.17, 15) is 9.59 Å². The number of aliphatic imine (C=N–C) groups is 1. The van der Waals surface area contributed by atoms with Gasteiger partial charge in [-0.3, -0.25) is 9.59 Å². The highest BCUT2D eigenvalue weighted by Crippen LogP contribution is 2.39. The molecule has 0 bridgehead atoms. The first-order valence-corrected chi connectivity index (χ1v) is 11.9. The highest BCUT2D eigenvalue weighted by molar-refractivity contribution is 9.10. The van der Waals surface area contributed by atoms with Gasteiger partial charge in [0.2, 0.25) is 5.91 Å². The van der Waals surface area contributed by atoms with Gasteiger partial charge in [-0.1, -0.05) is 42.5 Å².